The Bertz CT molecular complexity index is 778. The fourth-order valence-corrected chi connectivity index (χ4v) is 3.74. The Labute approximate surface area is 238 Å². The molecule has 0 aromatic heterocycles. The molecule has 1 rings (SSSR count). The molecule has 232 valence electrons. The molecule has 0 spiro atoms. The van der Waals surface area contributed by atoms with E-state index in [9.17, 15) is 24.3 Å². The number of amides is 1. The van der Waals surface area contributed by atoms with Gasteiger partial charge in [0.05, 0.1) is 25.3 Å². The van der Waals surface area contributed by atoms with Crippen molar-refractivity contribution in [1.29, 1.82) is 0 Å². The quantitative estimate of drug-likeness (QED) is 0.0839. The van der Waals surface area contributed by atoms with Gasteiger partial charge < -0.3 is 26.5 Å². The number of rotatable bonds is 14. The van der Waals surface area contributed by atoms with Crippen molar-refractivity contribution in [3.8, 4) is 0 Å². The number of hydrazone groups is 1. The monoisotopic (exact) mass is 573 g/mol. The minimum absolute atomic E-state index is 0.0175. The maximum Gasteiger partial charge on any atom is 0.320 e. The van der Waals surface area contributed by atoms with Crippen molar-refractivity contribution in [3.05, 3.63) is 0 Å². The molecular formula is C26H51N7O7. The molecule has 1 atom stereocenters. The van der Waals surface area contributed by atoms with E-state index in [4.69, 9.17) is 16.1 Å². The van der Waals surface area contributed by atoms with Crippen LogP contribution in [0.25, 0.3) is 0 Å². The molecule has 1 aliphatic rings. The Kier molecular flexibility index (Phi) is 23.2. The summed E-state index contributed by atoms with van der Waals surface area (Å²) in [5.74, 6) is 1.98. The molecule has 0 bridgehead atoms. The second kappa shape index (κ2) is 23.8. The van der Waals surface area contributed by atoms with Gasteiger partial charge in [0.15, 0.2) is 0 Å². The van der Waals surface area contributed by atoms with Gasteiger partial charge >= 0.3 is 17.9 Å². The maximum atomic E-state index is 12.3. The van der Waals surface area contributed by atoms with Crippen LogP contribution in [-0.2, 0) is 19.2 Å². The van der Waals surface area contributed by atoms with Gasteiger partial charge in [-0.05, 0) is 12.3 Å². The van der Waals surface area contributed by atoms with Crippen LogP contribution in [0, 0.1) is 5.92 Å². The second-order valence-corrected chi connectivity index (χ2v) is 8.86. The van der Waals surface area contributed by atoms with Gasteiger partial charge in [0.1, 0.15) is 6.04 Å². The molecule has 1 fully saturated rings. The molecule has 14 heteroatoms. The zero-order valence-corrected chi connectivity index (χ0v) is 25.0. The summed E-state index contributed by atoms with van der Waals surface area (Å²) in [6.45, 7) is 13.9. The topological polar surface area (TPSA) is 201 Å². The number of hydrogen-bond donors (Lipinski definition) is 5. The van der Waals surface area contributed by atoms with Crippen molar-refractivity contribution in [2.45, 2.75) is 60.4 Å². The Morgan fingerprint density at radius 3 is 1.75 bits per heavy atom. The summed E-state index contributed by atoms with van der Waals surface area (Å²) in [7, 11) is 0. The lowest BCUT2D eigenvalue weighted by Crippen LogP contribution is -2.47. The molecule has 0 aromatic carbocycles. The van der Waals surface area contributed by atoms with Crippen molar-refractivity contribution in [2.75, 3.05) is 65.4 Å². The third-order valence-electron chi connectivity index (χ3n) is 5.75. The molecule has 1 aliphatic heterocycles. The second-order valence-electron chi connectivity index (χ2n) is 8.86. The normalized spacial score (nSPS) is 16.4. The average Bonchev–Trinajstić information content (AvgIpc) is 2.99. The molecule has 40 heavy (non-hydrogen) atoms. The van der Waals surface area contributed by atoms with Gasteiger partial charge in [0, 0.05) is 58.4 Å². The van der Waals surface area contributed by atoms with E-state index in [0.717, 1.165) is 0 Å². The third-order valence-corrected chi connectivity index (χ3v) is 5.75. The number of aliphatic imine (C=N–C) groups is 1. The Balaban J connectivity index is 0. The SMILES string of the molecule is CC.CC.CC(C)/C(C=NCCNC(=O)CCC(C(=O)O)N1CCN(CC(=O)O)CCN(CC(=O)O)CC1)=N/N. The van der Waals surface area contributed by atoms with Crippen LogP contribution in [0.3, 0.4) is 0 Å². The van der Waals surface area contributed by atoms with Gasteiger partial charge in [-0.15, -0.1) is 0 Å². The van der Waals surface area contributed by atoms with Crippen LogP contribution in [0.4, 0.5) is 0 Å². The van der Waals surface area contributed by atoms with E-state index >= 15 is 0 Å². The molecule has 0 aliphatic carbocycles. The molecule has 6 N–H and O–H groups in total. The van der Waals surface area contributed by atoms with Gasteiger partial charge in [0.25, 0.3) is 0 Å². The Hall–Kier alpha value is -3.10. The van der Waals surface area contributed by atoms with Gasteiger partial charge in [-0.2, -0.15) is 5.10 Å². The highest BCUT2D eigenvalue weighted by Crippen LogP contribution is 2.11. The molecule has 1 amide bonds. The van der Waals surface area contributed by atoms with Crippen LogP contribution in [0.1, 0.15) is 54.4 Å². The van der Waals surface area contributed by atoms with Crippen molar-refractivity contribution in [3.63, 3.8) is 0 Å². The summed E-state index contributed by atoms with van der Waals surface area (Å²) < 4.78 is 0. The molecular weight excluding hydrogens is 522 g/mol. The number of carbonyl (C=O) groups excluding carboxylic acids is 1. The number of carboxylic acids is 3. The molecule has 0 aromatic rings. The van der Waals surface area contributed by atoms with E-state index < -0.39 is 23.9 Å². The lowest BCUT2D eigenvalue weighted by molar-refractivity contribution is -0.144. The first-order valence-corrected chi connectivity index (χ1v) is 13.9. The standard InChI is InChI=1S/C22H39N7O7.2C2H6/c1-16(2)17(26-23)13-24-5-6-25-19(30)4-3-18(22(35)36)29-11-9-27(14-20(31)32)7-8-28(10-12-29)15-21(33)34;2*1-2/h13,16,18H,3-12,14-15,23H2,1-2H3,(H,25,30)(H,31,32)(H,33,34)(H,35,36);2*1-2H3/b24-13?,26-17+;;. The number of aliphatic carboxylic acids is 3. The summed E-state index contributed by atoms with van der Waals surface area (Å²) >= 11 is 0. The van der Waals surface area contributed by atoms with Gasteiger partial charge in [-0.1, -0.05) is 41.5 Å². The molecule has 1 heterocycles. The number of hydrogen-bond acceptors (Lipinski definition) is 10. The van der Waals surface area contributed by atoms with Gasteiger partial charge in [0.2, 0.25) is 5.91 Å². The van der Waals surface area contributed by atoms with Crippen LogP contribution in [0.5, 0.6) is 0 Å². The number of nitrogens with zero attached hydrogens (tertiary/aromatic N) is 5. The van der Waals surface area contributed by atoms with Crippen molar-refractivity contribution in [1.82, 2.24) is 20.0 Å². The smallest absolute Gasteiger partial charge is 0.320 e. The first-order chi connectivity index (χ1) is 19.0. The fourth-order valence-electron chi connectivity index (χ4n) is 3.74. The zero-order valence-electron chi connectivity index (χ0n) is 25.0. The predicted octanol–water partition coefficient (Wildman–Crippen LogP) is 0.519. The average molecular weight is 574 g/mol. The van der Waals surface area contributed by atoms with Gasteiger partial charge in [-0.3, -0.25) is 38.9 Å². The van der Waals surface area contributed by atoms with Crippen LogP contribution in [0.2, 0.25) is 0 Å². The minimum Gasteiger partial charge on any atom is -0.480 e. The highest BCUT2D eigenvalue weighted by Gasteiger charge is 2.28. The Morgan fingerprint density at radius 1 is 0.875 bits per heavy atom. The third kappa shape index (κ3) is 18.2. The van der Waals surface area contributed by atoms with Crippen LogP contribution < -0.4 is 11.2 Å². The molecule has 0 radical (unpaired) electrons. The summed E-state index contributed by atoms with van der Waals surface area (Å²) in [6.07, 6.45) is 1.60. The van der Waals surface area contributed by atoms with Crippen LogP contribution >= 0.6 is 0 Å². The summed E-state index contributed by atoms with van der Waals surface area (Å²) in [6, 6.07) is -0.973. The first kappa shape index (κ1) is 39.0. The van der Waals surface area contributed by atoms with E-state index in [1.807, 2.05) is 41.5 Å². The summed E-state index contributed by atoms with van der Waals surface area (Å²) in [5.41, 5.74) is 0.638. The lowest BCUT2D eigenvalue weighted by Gasteiger charge is -2.30. The zero-order chi connectivity index (χ0) is 31.1. The molecule has 1 saturated heterocycles. The van der Waals surface area contributed by atoms with Crippen molar-refractivity contribution >= 4 is 35.7 Å². The van der Waals surface area contributed by atoms with Crippen molar-refractivity contribution in [2.24, 2.45) is 21.9 Å². The van der Waals surface area contributed by atoms with E-state index in [2.05, 4.69) is 15.4 Å². The minimum atomic E-state index is -1.09. The summed E-state index contributed by atoms with van der Waals surface area (Å²) in [5, 5.41) is 34.5. The van der Waals surface area contributed by atoms with Crippen molar-refractivity contribution < 1.29 is 34.5 Å². The number of carboxylic acid groups (broad SMARTS) is 3. The largest absolute Gasteiger partial charge is 0.480 e. The molecule has 0 saturated carbocycles. The number of nitrogens with two attached hydrogens (primary N) is 1. The molecule has 14 nitrogen and oxygen atoms in total. The van der Waals surface area contributed by atoms with Crippen LogP contribution in [0.15, 0.2) is 10.1 Å². The summed E-state index contributed by atoms with van der Waals surface area (Å²) in [4.78, 5) is 55.9. The van der Waals surface area contributed by atoms with E-state index in [1.54, 1.807) is 20.9 Å². The fraction of sp³-hybridized carbons (Fsp3) is 0.769. The number of carbonyl (C=O) groups is 4. The van der Waals surface area contributed by atoms with Gasteiger partial charge in [-0.25, -0.2) is 0 Å². The highest BCUT2D eigenvalue weighted by atomic mass is 16.4. The predicted molar refractivity (Wildman–Crippen MR) is 156 cm³/mol. The number of nitrogens with one attached hydrogen (secondary N) is 1. The first-order valence-electron chi connectivity index (χ1n) is 13.9. The Morgan fingerprint density at radius 2 is 1.35 bits per heavy atom. The van der Waals surface area contributed by atoms with E-state index in [1.165, 1.54) is 0 Å². The van der Waals surface area contributed by atoms with E-state index in [-0.39, 0.29) is 57.4 Å². The molecule has 1 unspecified atom stereocenters. The highest BCUT2D eigenvalue weighted by molar-refractivity contribution is 6.31. The van der Waals surface area contributed by atoms with Crippen LogP contribution in [-0.4, -0.2) is 137 Å². The lowest BCUT2D eigenvalue weighted by atomic mass is 10.1. The maximum absolute atomic E-state index is 12.3. The van der Waals surface area contributed by atoms with E-state index in [0.29, 0.717) is 38.4 Å².